The minimum Gasteiger partial charge on any atom is -0.453 e. The zero-order valence-electron chi connectivity index (χ0n) is 20.0. The SMILES string of the molecule is C=C(CC(C)F)C(=O)NC1CN(C(=O)N2CCN(c3ccc4oc(C=O)cc4c3)CC2)CC12CC2. The molecule has 2 saturated heterocycles. The summed E-state index contributed by atoms with van der Waals surface area (Å²) in [6, 6.07) is 7.46. The highest BCUT2D eigenvalue weighted by Gasteiger charge is 2.57. The summed E-state index contributed by atoms with van der Waals surface area (Å²) < 4.78 is 18.7. The number of carbonyl (C=O) groups excluding carboxylic acids is 3. The number of hydrogen-bond acceptors (Lipinski definition) is 5. The van der Waals surface area contributed by atoms with Gasteiger partial charge in [-0.3, -0.25) is 9.59 Å². The number of nitrogens with one attached hydrogen (secondary N) is 1. The molecule has 1 saturated carbocycles. The van der Waals surface area contributed by atoms with Crippen molar-refractivity contribution in [1.82, 2.24) is 15.1 Å². The summed E-state index contributed by atoms with van der Waals surface area (Å²) in [7, 11) is 0. The van der Waals surface area contributed by atoms with Crippen LogP contribution in [0.15, 0.2) is 40.8 Å². The van der Waals surface area contributed by atoms with Gasteiger partial charge in [0, 0.05) is 67.8 Å². The van der Waals surface area contributed by atoms with Crippen molar-refractivity contribution in [1.29, 1.82) is 0 Å². The number of furan rings is 1. The molecule has 2 unspecified atom stereocenters. The summed E-state index contributed by atoms with van der Waals surface area (Å²) in [5.41, 5.74) is 1.89. The van der Waals surface area contributed by atoms with Crippen LogP contribution in [0, 0.1) is 5.41 Å². The number of rotatable bonds is 6. The van der Waals surface area contributed by atoms with E-state index in [4.69, 9.17) is 4.42 Å². The van der Waals surface area contributed by atoms with Crippen LogP contribution in [0.2, 0.25) is 0 Å². The average molecular weight is 483 g/mol. The van der Waals surface area contributed by atoms with Gasteiger partial charge in [0.1, 0.15) is 11.8 Å². The fourth-order valence-electron chi connectivity index (χ4n) is 5.34. The molecule has 5 rings (SSSR count). The Morgan fingerprint density at radius 1 is 1.23 bits per heavy atom. The van der Waals surface area contributed by atoms with E-state index in [9.17, 15) is 18.8 Å². The van der Waals surface area contributed by atoms with Gasteiger partial charge in [0.2, 0.25) is 5.91 Å². The first-order chi connectivity index (χ1) is 16.8. The molecule has 1 aromatic heterocycles. The minimum atomic E-state index is -1.11. The topological polar surface area (TPSA) is 86.1 Å². The van der Waals surface area contributed by atoms with Crippen LogP contribution in [-0.4, -0.2) is 79.5 Å². The Morgan fingerprint density at radius 2 is 1.97 bits per heavy atom. The van der Waals surface area contributed by atoms with E-state index >= 15 is 0 Å². The lowest BCUT2D eigenvalue weighted by atomic mass is 10.00. The molecule has 3 fully saturated rings. The molecule has 1 N–H and O–H groups in total. The molecule has 1 aromatic carbocycles. The number of benzene rings is 1. The van der Waals surface area contributed by atoms with Crippen molar-refractivity contribution in [2.24, 2.45) is 5.41 Å². The minimum absolute atomic E-state index is 0.00444. The second kappa shape index (κ2) is 9.02. The van der Waals surface area contributed by atoms with Crippen molar-refractivity contribution in [2.45, 2.75) is 38.4 Å². The van der Waals surface area contributed by atoms with E-state index in [1.54, 1.807) is 6.07 Å². The van der Waals surface area contributed by atoms with Crippen molar-refractivity contribution in [3.63, 3.8) is 0 Å². The summed E-state index contributed by atoms with van der Waals surface area (Å²) in [5.74, 6) is -0.00839. The van der Waals surface area contributed by atoms with Gasteiger partial charge in [-0.05, 0) is 44.0 Å². The zero-order chi connectivity index (χ0) is 24.7. The van der Waals surface area contributed by atoms with E-state index in [1.807, 2.05) is 28.0 Å². The third kappa shape index (κ3) is 4.63. The Hall–Kier alpha value is -3.36. The highest BCUT2D eigenvalue weighted by atomic mass is 19.1. The van der Waals surface area contributed by atoms with Crippen molar-refractivity contribution in [2.75, 3.05) is 44.2 Å². The Balaban J connectivity index is 1.17. The molecule has 3 amide bonds. The predicted octanol–water partition coefficient (Wildman–Crippen LogP) is 3.37. The molecule has 0 radical (unpaired) electrons. The Morgan fingerprint density at radius 3 is 2.63 bits per heavy atom. The predicted molar refractivity (Wildman–Crippen MR) is 130 cm³/mol. The standard InChI is InChI=1S/C26H31FN4O4/c1-17(11-18(2)27)24(33)28-23-14-31(16-26(23)5-6-26)25(34)30-9-7-29(8-10-30)20-3-4-22-19(12-20)13-21(15-32)35-22/h3-4,12-13,15,18,23H,1,5-11,14,16H2,2H3,(H,28,33). The quantitative estimate of drug-likeness (QED) is 0.504. The lowest BCUT2D eigenvalue weighted by Gasteiger charge is -2.37. The summed E-state index contributed by atoms with van der Waals surface area (Å²) in [5, 5.41) is 3.90. The summed E-state index contributed by atoms with van der Waals surface area (Å²) in [4.78, 5) is 42.7. The van der Waals surface area contributed by atoms with Crippen LogP contribution in [0.3, 0.4) is 0 Å². The fraction of sp³-hybridized carbons (Fsp3) is 0.500. The van der Waals surface area contributed by atoms with Crippen molar-refractivity contribution in [3.05, 3.63) is 42.2 Å². The molecule has 2 atom stereocenters. The zero-order valence-corrected chi connectivity index (χ0v) is 20.0. The largest absolute Gasteiger partial charge is 0.453 e. The number of hydrogen-bond donors (Lipinski definition) is 1. The number of anilines is 1. The summed E-state index contributed by atoms with van der Waals surface area (Å²) in [6.45, 7) is 8.86. The third-order valence-corrected chi connectivity index (χ3v) is 7.52. The maximum Gasteiger partial charge on any atom is 0.320 e. The molecule has 3 aliphatic rings. The van der Waals surface area contributed by atoms with Crippen LogP contribution in [0.1, 0.15) is 36.7 Å². The second-order valence-electron chi connectivity index (χ2n) is 10.1. The Bertz CT molecular complexity index is 1160. The number of amides is 3. The van der Waals surface area contributed by atoms with Crippen molar-refractivity contribution < 1.29 is 23.2 Å². The number of aldehydes is 1. The molecule has 1 aliphatic carbocycles. The molecule has 1 spiro atoms. The lowest BCUT2D eigenvalue weighted by molar-refractivity contribution is -0.118. The highest BCUT2D eigenvalue weighted by Crippen LogP contribution is 2.53. The van der Waals surface area contributed by atoms with Crippen LogP contribution in [0.5, 0.6) is 0 Å². The molecule has 3 heterocycles. The summed E-state index contributed by atoms with van der Waals surface area (Å²) >= 11 is 0. The van der Waals surface area contributed by atoms with Gasteiger partial charge in [-0.25, -0.2) is 9.18 Å². The Kier molecular flexibility index (Phi) is 6.02. The van der Waals surface area contributed by atoms with Crippen LogP contribution in [0.4, 0.5) is 14.9 Å². The van der Waals surface area contributed by atoms with Gasteiger partial charge in [0.05, 0.1) is 6.04 Å². The van der Waals surface area contributed by atoms with E-state index in [-0.39, 0.29) is 35.4 Å². The molecule has 186 valence electrons. The number of nitrogens with zero attached hydrogens (tertiary/aromatic N) is 3. The smallest absolute Gasteiger partial charge is 0.320 e. The molecule has 35 heavy (non-hydrogen) atoms. The van der Waals surface area contributed by atoms with Gasteiger partial charge in [-0.1, -0.05) is 6.58 Å². The fourth-order valence-corrected chi connectivity index (χ4v) is 5.34. The van der Waals surface area contributed by atoms with Gasteiger partial charge in [-0.15, -0.1) is 0 Å². The van der Waals surface area contributed by atoms with Crippen LogP contribution in [0.25, 0.3) is 11.0 Å². The lowest BCUT2D eigenvalue weighted by Crippen LogP contribution is -2.53. The third-order valence-electron chi connectivity index (χ3n) is 7.52. The summed E-state index contributed by atoms with van der Waals surface area (Å²) in [6.07, 6.45) is 1.56. The van der Waals surface area contributed by atoms with E-state index in [0.717, 1.165) is 23.9 Å². The van der Waals surface area contributed by atoms with E-state index in [2.05, 4.69) is 16.8 Å². The van der Waals surface area contributed by atoms with Crippen LogP contribution in [-0.2, 0) is 4.79 Å². The van der Waals surface area contributed by atoms with Gasteiger partial charge >= 0.3 is 6.03 Å². The number of alkyl halides is 1. The Labute approximate surface area is 203 Å². The monoisotopic (exact) mass is 482 g/mol. The van der Waals surface area contributed by atoms with Gasteiger partial charge < -0.3 is 24.4 Å². The van der Waals surface area contributed by atoms with Gasteiger partial charge in [0.25, 0.3) is 0 Å². The average Bonchev–Trinajstić information content (AvgIpc) is 3.36. The first-order valence-electron chi connectivity index (χ1n) is 12.2. The van der Waals surface area contributed by atoms with Crippen LogP contribution < -0.4 is 10.2 Å². The number of halogens is 1. The molecule has 9 heteroatoms. The first kappa shape index (κ1) is 23.4. The van der Waals surface area contributed by atoms with E-state index in [0.29, 0.717) is 56.9 Å². The van der Waals surface area contributed by atoms with Crippen LogP contribution >= 0.6 is 0 Å². The van der Waals surface area contributed by atoms with Gasteiger partial charge in [-0.2, -0.15) is 0 Å². The van der Waals surface area contributed by atoms with Gasteiger partial charge in [0.15, 0.2) is 12.0 Å². The van der Waals surface area contributed by atoms with E-state index in [1.165, 1.54) is 6.92 Å². The molecule has 0 bridgehead atoms. The molecule has 2 aliphatic heterocycles. The number of piperazine rings is 1. The highest BCUT2D eigenvalue weighted by molar-refractivity contribution is 5.93. The molecular weight excluding hydrogens is 451 g/mol. The normalized spacial score (nSPS) is 21.9. The molecule has 2 aromatic rings. The maximum atomic E-state index is 13.3. The number of fused-ring (bicyclic) bond motifs is 1. The maximum absolute atomic E-state index is 13.3. The number of carbonyl (C=O) groups is 3. The number of likely N-dealkylation sites (tertiary alicyclic amines) is 1. The first-order valence-corrected chi connectivity index (χ1v) is 12.2. The molecule has 8 nitrogen and oxygen atoms in total. The second-order valence-corrected chi connectivity index (χ2v) is 10.1. The number of urea groups is 1. The van der Waals surface area contributed by atoms with Crippen molar-refractivity contribution >= 4 is 34.9 Å². The van der Waals surface area contributed by atoms with E-state index < -0.39 is 6.17 Å². The van der Waals surface area contributed by atoms with Crippen molar-refractivity contribution in [3.8, 4) is 0 Å². The molecular formula is C26H31FN4O4.